The van der Waals surface area contributed by atoms with Crippen LogP contribution in [-0.4, -0.2) is 0 Å². The fraction of sp³-hybridized carbons (Fsp3) is 0.250. The van der Waals surface area contributed by atoms with Gasteiger partial charge in [0.25, 0.3) is 5.92 Å². The summed E-state index contributed by atoms with van der Waals surface area (Å²) in [6.45, 7) is 0.0330. The molecule has 0 aliphatic heterocycles. The van der Waals surface area contributed by atoms with Crippen molar-refractivity contribution in [2.75, 3.05) is 0 Å². The molecule has 0 saturated heterocycles. The van der Waals surface area contributed by atoms with E-state index < -0.39 is 40.6 Å². The van der Waals surface area contributed by atoms with Crippen LogP contribution >= 0.6 is 0 Å². The molecule has 0 amide bonds. The zero-order valence-corrected chi connectivity index (χ0v) is 7.15. The molecule has 0 heterocycles. The molecule has 0 aromatic heterocycles. The molecule has 0 aliphatic rings. The van der Waals surface area contributed by atoms with Crippen molar-refractivity contribution in [2.24, 2.45) is 0 Å². The summed E-state index contributed by atoms with van der Waals surface area (Å²) < 4.78 is 87.7. The Morgan fingerprint density at radius 1 is 0.667 bits per heavy atom. The maximum absolute atomic E-state index is 12.7. The van der Waals surface area contributed by atoms with Crippen molar-refractivity contribution in [3.63, 3.8) is 0 Å². The van der Waals surface area contributed by atoms with Crippen molar-refractivity contribution in [3.05, 3.63) is 34.6 Å². The lowest BCUT2D eigenvalue weighted by Crippen LogP contribution is -2.17. The van der Waals surface area contributed by atoms with Gasteiger partial charge in [-0.2, -0.15) is 0 Å². The summed E-state index contributed by atoms with van der Waals surface area (Å²) in [5.41, 5.74) is -2.13. The SMILES string of the molecule is CC(F)(F)c1c(F)c(F)c(F)c(F)c1F. The van der Waals surface area contributed by atoms with Gasteiger partial charge in [-0.05, 0) is 0 Å². The molecule has 0 fully saturated rings. The first kappa shape index (κ1) is 11.8. The minimum absolute atomic E-state index is 0.0330. The standard InChI is InChI=1S/C8H3F7/c1-8(14,15)2-3(9)5(11)7(13)6(12)4(2)10/h1H3. The number of rotatable bonds is 1. The van der Waals surface area contributed by atoms with Crippen LogP contribution in [0.2, 0.25) is 0 Å². The first-order valence-electron chi connectivity index (χ1n) is 3.57. The lowest BCUT2D eigenvalue weighted by atomic mass is 10.1. The third-order valence-corrected chi connectivity index (χ3v) is 1.65. The Labute approximate surface area is 79.3 Å². The van der Waals surface area contributed by atoms with E-state index in [2.05, 4.69) is 0 Å². The highest BCUT2D eigenvalue weighted by Crippen LogP contribution is 2.34. The summed E-state index contributed by atoms with van der Waals surface area (Å²) >= 11 is 0. The van der Waals surface area contributed by atoms with E-state index in [1.807, 2.05) is 0 Å². The van der Waals surface area contributed by atoms with Gasteiger partial charge in [-0.25, -0.2) is 30.7 Å². The van der Waals surface area contributed by atoms with Gasteiger partial charge >= 0.3 is 0 Å². The van der Waals surface area contributed by atoms with Gasteiger partial charge in [-0.15, -0.1) is 0 Å². The van der Waals surface area contributed by atoms with Crippen LogP contribution in [0.4, 0.5) is 30.7 Å². The number of benzene rings is 1. The fourth-order valence-electron chi connectivity index (χ4n) is 0.990. The molecular formula is C8H3F7. The second-order valence-corrected chi connectivity index (χ2v) is 2.83. The summed E-state index contributed by atoms with van der Waals surface area (Å²) in [5, 5.41) is 0. The molecule has 0 atom stereocenters. The monoisotopic (exact) mass is 232 g/mol. The van der Waals surface area contributed by atoms with Crippen molar-refractivity contribution >= 4 is 0 Å². The Morgan fingerprint density at radius 2 is 0.933 bits per heavy atom. The smallest absolute Gasteiger partial charge is 0.203 e. The normalized spacial score (nSPS) is 12.0. The Kier molecular flexibility index (Phi) is 2.67. The minimum Gasteiger partial charge on any atom is -0.203 e. The van der Waals surface area contributed by atoms with E-state index >= 15 is 0 Å². The second kappa shape index (κ2) is 3.39. The van der Waals surface area contributed by atoms with Crippen LogP contribution in [0.25, 0.3) is 0 Å². The van der Waals surface area contributed by atoms with Crippen LogP contribution in [-0.2, 0) is 5.92 Å². The average molecular weight is 232 g/mol. The van der Waals surface area contributed by atoms with Crippen molar-refractivity contribution in [2.45, 2.75) is 12.8 Å². The van der Waals surface area contributed by atoms with E-state index in [0.717, 1.165) is 0 Å². The Hall–Kier alpha value is -1.27. The topological polar surface area (TPSA) is 0 Å². The lowest BCUT2D eigenvalue weighted by Gasteiger charge is -2.13. The van der Waals surface area contributed by atoms with Gasteiger partial charge in [0.15, 0.2) is 23.3 Å². The predicted molar refractivity (Wildman–Crippen MR) is 35.8 cm³/mol. The minimum atomic E-state index is -4.15. The van der Waals surface area contributed by atoms with Crippen molar-refractivity contribution in [3.8, 4) is 0 Å². The van der Waals surface area contributed by atoms with Gasteiger partial charge < -0.3 is 0 Å². The summed E-state index contributed by atoms with van der Waals surface area (Å²) in [7, 11) is 0. The molecule has 0 spiro atoms. The second-order valence-electron chi connectivity index (χ2n) is 2.83. The highest BCUT2D eigenvalue weighted by atomic mass is 19.3. The molecule has 7 heteroatoms. The zero-order valence-electron chi connectivity index (χ0n) is 7.15. The first-order chi connectivity index (χ1) is 6.68. The number of hydrogen-bond acceptors (Lipinski definition) is 0. The molecule has 0 N–H and O–H groups in total. The molecular weight excluding hydrogens is 229 g/mol. The third-order valence-electron chi connectivity index (χ3n) is 1.65. The third kappa shape index (κ3) is 1.78. The molecule has 0 nitrogen and oxygen atoms in total. The van der Waals surface area contributed by atoms with Crippen LogP contribution in [0.3, 0.4) is 0 Å². The Bertz CT molecular complexity index is 375. The quantitative estimate of drug-likeness (QED) is 0.395. The van der Waals surface area contributed by atoms with Gasteiger partial charge in [0, 0.05) is 6.92 Å². The number of alkyl halides is 2. The van der Waals surface area contributed by atoms with Crippen molar-refractivity contribution in [1.29, 1.82) is 0 Å². The van der Waals surface area contributed by atoms with Gasteiger partial charge in [0.2, 0.25) is 5.82 Å². The summed E-state index contributed by atoms with van der Waals surface area (Å²) in [5.74, 6) is -16.4. The fourth-order valence-corrected chi connectivity index (χ4v) is 0.990. The summed E-state index contributed by atoms with van der Waals surface area (Å²) in [4.78, 5) is 0. The maximum atomic E-state index is 12.7. The molecule has 0 aliphatic carbocycles. The highest BCUT2D eigenvalue weighted by molar-refractivity contribution is 5.27. The van der Waals surface area contributed by atoms with Gasteiger partial charge in [-0.3, -0.25) is 0 Å². The summed E-state index contributed by atoms with van der Waals surface area (Å²) in [6.07, 6.45) is 0. The average Bonchev–Trinajstić information content (AvgIpc) is 2.09. The van der Waals surface area contributed by atoms with Crippen LogP contribution in [0.1, 0.15) is 12.5 Å². The van der Waals surface area contributed by atoms with Gasteiger partial charge in [0.05, 0.1) is 5.56 Å². The van der Waals surface area contributed by atoms with E-state index in [0.29, 0.717) is 0 Å². The number of hydrogen-bond donors (Lipinski definition) is 0. The molecule has 1 rings (SSSR count). The lowest BCUT2D eigenvalue weighted by molar-refractivity contribution is 0.00784. The van der Waals surface area contributed by atoms with E-state index in [1.54, 1.807) is 0 Å². The molecule has 15 heavy (non-hydrogen) atoms. The largest absolute Gasteiger partial charge is 0.276 e. The maximum Gasteiger partial charge on any atom is 0.276 e. The molecule has 84 valence electrons. The zero-order chi connectivity index (χ0) is 12.0. The summed E-state index contributed by atoms with van der Waals surface area (Å²) in [6, 6.07) is 0. The van der Waals surface area contributed by atoms with Crippen LogP contribution in [0.5, 0.6) is 0 Å². The van der Waals surface area contributed by atoms with E-state index in [9.17, 15) is 30.7 Å². The van der Waals surface area contributed by atoms with Crippen LogP contribution < -0.4 is 0 Å². The molecule has 0 radical (unpaired) electrons. The molecule has 0 unspecified atom stereocenters. The molecule has 0 bridgehead atoms. The Morgan fingerprint density at radius 3 is 1.20 bits per heavy atom. The van der Waals surface area contributed by atoms with Crippen LogP contribution in [0.15, 0.2) is 0 Å². The Balaban J connectivity index is 3.68. The van der Waals surface area contributed by atoms with Crippen LogP contribution in [0, 0.1) is 29.1 Å². The molecule has 1 aromatic rings. The van der Waals surface area contributed by atoms with Crippen molar-refractivity contribution < 1.29 is 30.7 Å². The number of halogens is 7. The van der Waals surface area contributed by atoms with E-state index in [4.69, 9.17) is 0 Å². The molecule has 1 aromatic carbocycles. The van der Waals surface area contributed by atoms with Crippen molar-refractivity contribution in [1.82, 2.24) is 0 Å². The van der Waals surface area contributed by atoms with E-state index in [1.165, 1.54) is 0 Å². The highest BCUT2D eigenvalue weighted by Gasteiger charge is 2.38. The van der Waals surface area contributed by atoms with E-state index in [-0.39, 0.29) is 6.92 Å². The predicted octanol–water partition coefficient (Wildman–Crippen LogP) is 3.49. The van der Waals surface area contributed by atoms with Gasteiger partial charge in [0.1, 0.15) is 0 Å². The van der Waals surface area contributed by atoms with Gasteiger partial charge in [-0.1, -0.05) is 0 Å². The molecule has 0 saturated carbocycles. The first-order valence-corrected chi connectivity index (χ1v) is 3.57.